The first-order chi connectivity index (χ1) is 15.5. The second-order valence-electron chi connectivity index (χ2n) is 7.68. The Morgan fingerprint density at radius 2 is 1.88 bits per heavy atom. The predicted octanol–water partition coefficient (Wildman–Crippen LogP) is 4.51. The van der Waals surface area contributed by atoms with Crippen molar-refractivity contribution in [2.45, 2.75) is 25.1 Å². The summed E-state index contributed by atoms with van der Waals surface area (Å²) in [4.78, 5) is 40.3. The van der Waals surface area contributed by atoms with E-state index in [0.717, 1.165) is 28.0 Å². The number of carbonyl (C=O) groups excluding carboxylic acids is 2. The molecule has 1 atom stereocenters. The van der Waals surface area contributed by atoms with Gasteiger partial charge in [0.2, 0.25) is 0 Å². The Kier molecular flexibility index (Phi) is 5.20. The van der Waals surface area contributed by atoms with Crippen molar-refractivity contribution in [2.75, 3.05) is 11.9 Å². The summed E-state index contributed by atoms with van der Waals surface area (Å²) < 4.78 is 39.7. The number of allylic oxidation sites excluding steroid dienone is 1. The van der Waals surface area contributed by atoms with Crippen molar-refractivity contribution in [1.29, 1.82) is 5.26 Å². The molecule has 33 heavy (non-hydrogen) atoms. The second kappa shape index (κ2) is 7.78. The largest absolute Gasteiger partial charge is 0.478 e. The summed E-state index contributed by atoms with van der Waals surface area (Å²) >= 11 is 0. The highest BCUT2D eigenvalue weighted by Crippen LogP contribution is 2.45. The highest BCUT2D eigenvalue weighted by Gasteiger charge is 2.45. The fraction of sp³-hybridized carbons (Fsp3) is 0.217. The first-order valence-corrected chi connectivity index (χ1v) is 9.82. The first kappa shape index (κ1) is 22.1. The highest BCUT2D eigenvalue weighted by atomic mass is 19.4. The zero-order chi connectivity index (χ0) is 24.1. The summed E-state index contributed by atoms with van der Waals surface area (Å²) in [5, 5.41) is 18.8. The van der Waals surface area contributed by atoms with Crippen LogP contribution in [0.5, 0.6) is 0 Å². The molecule has 0 saturated carbocycles. The van der Waals surface area contributed by atoms with Gasteiger partial charge in [-0.15, -0.1) is 0 Å². The molecule has 0 aromatic heterocycles. The lowest BCUT2D eigenvalue weighted by molar-refractivity contribution is -0.137. The molecule has 2 amide bonds. The Labute approximate surface area is 185 Å². The number of rotatable bonds is 3. The fourth-order valence-electron chi connectivity index (χ4n) is 4.28. The number of benzene rings is 2. The number of urea groups is 1. The molecule has 2 aliphatic rings. The number of nitrogens with zero attached hydrogens (tertiary/aromatic N) is 3. The number of halogens is 3. The standard InChI is InChI=1S/C23H16F3N3O4/c1-28-20(15-6-5-12(11-27)9-16(15)21(31)32)19-17(7-8-18(19)30)29(22(28)33)14-4-2-3-13(10-14)23(24,25)26/h2-6,9-10,20H,7-8H2,1H3,(H,31,32)/t20-/m1/s1. The lowest BCUT2D eigenvalue weighted by Gasteiger charge is -2.40. The molecule has 0 spiro atoms. The van der Waals surface area contributed by atoms with Crippen LogP contribution in [0.1, 0.15) is 45.9 Å². The third-order valence-electron chi connectivity index (χ3n) is 5.76. The van der Waals surface area contributed by atoms with Gasteiger partial charge in [-0.25, -0.2) is 9.59 Å². The zero-order valence-corrected chi connectivity index (χ0v) is 17.2. The highest BCUT2D eigenvalue weighted by molar-refractivity contribution is 6.08. The molecule has 0 bridgehead atoms. The van der Waals surface area contributed by atoms with Gasteiger partial charge in [0.25, 0.3) is 0 Å². The number of carboxylic acid groups (broad SMARTS) is 1. The van der Waals surface area contributed by atoms with Crippen LogP contribution in [-0.4, -0.2) is 34.8 Å². The van der Waals surface area contributed by atoms with Crippen LogP contribution in [0, 0.1) is 11.3 Å². The van der Waals surface area contributed by atoms with Crippen LogP contribution < -0.4 is 4.90 Å². The predicted molar refractivity (Wildman–Crippen MR) is 109 cm³/mol. The maximum absolute atomic E-state index is 13.3. The maximum Gasteiger partial charge on any atom is 0.416 e. The van der Waals surface area contributed by atoms with Crippen LogP contribution in [0.3, 0.4) is 0 Å². The minimum absolute atomic E-state index is 0.0381. The molecule has 0 unspecified atom stereocenters. The van der Waals surface area contributed by atoms with Gasteiger partial charge in [-0.1, -0.05) is 12.1 Å². The Bertz CT molecular complexity index is 1280. The minimum Gasteiger partial charge on any atom is -0.478 e. The number of hydrogen-bond donors (Lipinski definition) is 1. The van der Waals surface area contributed by atoms with Crippen LogP contribution in [0.4, 0.5) is 23.7 Å². The smallest absolute Gasteiger partial charge is 0.416 e. The third kappa shape index (κ3) is 3.61. The van der Waals surface area contributed by atoms with E-state index in [-0.39, 0.29) is 52.3 Å². The van der Waals surface area contributed by atoms with Crippen molar-refractivity contribution in [1.82, 2.24) is 4.90 Å². The van der Waals surface area contributed by atoms with Gasteiger partial charge in [0.1, 0.15) is 0 Å². The van der Waals surface area contributed by atoms with E-state index in [4.69, 9.17) is 5.26 Å². The topological polar surface area (TPSA) is 102 Å². The summed E-state index contributed by atoms with van der Waals surface area (Å²) in [5.41, 5.74) is -0.584. The summed E-state index contributed by atoms with van der Waals surface area (Å²) in [5.74, 6) is -1.66. The summed E-state index contributed by atoms with van der Waals surface area (Å²) in [7, 11) is 1.35. The van der Waals surface area contributed by atoms with Gasteiger partial charge in [-0.05, 0) is 42.3 Å². The van der Waals surface area contributed by atoms with Gasteiger partial charge in [0, 0.05) is 24.7 Å². The number of likely N-dealkylation sites (N-methyl/N-ethyl adjacent to an activating group) is 1. The minimum atomic E-state index is -4.62. The molecule has 0 saturated heterocycles. The Morgan fingerprint density at radius 3 is 2.52 bits per heavy atom. The number of Topliss-reactive ketones (excluding diaryl/α,β-unsaturated/α-hetero) is 1. The Balaban J connectivity index is 1.92. The lowest BCUT2D eigenvalue weighted by Crippen LogP contribution is -2.48. The van der Waals surface area contributed by atoms with Crippen molar-refractivity contribution < 1.29 is 32.7 Å². The monoisotopic (exact) mass is 455 g/mol. The number of carboxylic acids is 1. The van der Waals surface area contributed by atoms with Crippen molar-refractivity contribution >= 4 is 23.5 Å². The Morgan fingerprint density at radius 1 is 1.15 bits per heavy atom. The number of amides is 2. The second-order valence-corrected chi connectivity index (χ2v) is 7.68. The van der Waals surface area contributed by atoms with Gasteiger partial charge >= 0.3 is 18.2 Å². The van der Waals surface area contributed by atoms with Gasteiger partial charge < -0.3 is 10.0 Å². The maximum atomic E-state index is 13.3. The molecule has 10 heteroatoms. The molecule has 0 radical (unpaired) electrons. The summed E-state index contributed by atoms with van der Waals surface area (Å²) in [6, 6.07) is 8.27. The summed E-state index contributed by atoms with van der Waals surface area (Å²) in [6.07, 6.45) is -4.46. The van der Waals surface area contributed by atoms with Crippen molar-refractivity contribution in [2.24, 2.45) is 0 Å². The van der Waals surface area contributed by atoms with Crippen LogP contribution in [0.2, 0.25) is 0 Å². The van der Waals surface area contributed by atoms with Gasteiger partial charge in [-0.2, -0.15) is 18.4 Å². The van der Waals surface area contributed by atoms with Gasteiger partial charge in [0.15, 0.2) is 5.78 Å². The third-order valence-corrected chi connectivity index (χ3v) is 5.76. The number of alkyl halides is 3. The fourth-order valence-corrected chi connectivity index (χ4v) is 4.28. The summed E-state index contributed by atoms with van der Waals surface area (Å²) in [6.45, 7) is 0. The average molecular weight is 455 g/mol. The molecule has 2 aromatic carbocycles. The van der Waals surface area contributed by atoms with Crippen LogP contribution in [-0.2, 0) is 11.0 Å². The molecule has 1 N–H and O–H groups in total. The SMILES string of the molecule is CN1C(=O)N(c2cccc(C(F)(F)F)c2)C2=C(C(=O)CC2)[C@H]1c1ccc(C#N)cc1C(=O)O. The number of carbonyl (C=O) groups is 3. The van der Waals surface area contributed by atoms with Gasteiger partial charge in [0.05, 0.1) is 34.5 Å². The molecular formula is C23H16F3N3O4. The van der Waals surface area contributed by atoms with E-state index in [1.807, 2.05) is 6.07 Å². The molecule has 168 valence electrons. The zero-order valence-electron chi connectivity index (χ0n) is 17.2. The van der Waals surface area contributed by atoms with Crippen LogP contribution >= 0.6 is 0 Å². The average Bonchev–Trinajstić information content (AvgIpc) is 3.14. The molecular weight excluding hydrogens is 439 g/mol. The first-order valence-electron chi connectivity index (χ1n) is 9.82. The number of anilines is 1. The van der Waals surface area contributed by atoms with E-state index >= 15 is 0 Å². The van der Waals surface area contributed by atoms with Gasteiger partial charge in [-0.3, -0.25) is 9.69 Å². The molecule has 1 aliphatic carbocycles. The molecule has 7 nitrogen and oxygen atoms in total. The van der Waals surface area contributed by atoms with E-state index in [2.05, 4.69) is 0 Å². The lowest BCUT2D eigenvalue weighted by atomic mass is 9.89. The number of nitriles is 1. The van der Waals surface area contributed by atoms with Crippen LogP contribution in [0.25, 0.3) is 0 Å². The van der Waals surface area contributed by atoms with Crippen LogP contribution in [0.15, 0.2) is 53.7 Å². The molecule has 1 aliphatic heterocycles. The van der Waals surface area contributed by atoms with E-state index < -0.39 is 29.8 Å². The Hall–Kier alpha value is -4.13. The van der Waals surface area contributed by atoms with E-state index in [9.17, 15) is 32.7 Å². The normalized spacial score (nSPS) is 18.5. The quantitative estimate of drug-likeness (QED) is 0.734. The van der Waals surface area contributed by atoms with Crippen molar-refractivity contribution in [3.05, 3.63) is 76.0 Å². The molecule has 4 rings (SSSR count). The number of hydrogen-bond acceptors (Lipinski definition) is 4. The number of aromatic carboxylic acids is 1. The molecule has 1 heterocycles. The molecule has 2 aromatic rings. The van der Waals surface area contributed by atoms with Crippen molar-refractivity contribution in [3.8, 4) is 6.07 Å². The van der Waals surface area contributed by atoms with E-state index in [1.54, 1.807) is 0 Å². The van der Waals surface area contributed by atoms with E-state index in [0.29, 0.717) is 0 Å². The van der Waals surface area contributed by atoms with E-state index in [1.165, 1.54) is 31.3 Å². The molecule has 0 fully saturated rings. The number of ketones is 1. The van der Waals surface area contributed by atoms with Crippen molar-refractivity contribution in [3.63, 3.8) is 0 Å².